The average Bonchev–Trinajstić information content (AvgIpc) is 3.08. The summed E-state index contributed by atoms with van der Waals surface area (Å²) in [6.45, 7) is 6.33. The number of hydrogen-bond donors (Lipinski definition) is 2. The topological polar surface area (TPSA) is 90.5 Å². The second-order valence-corrected chi connectivity index (χ2v) is 6.80. The van der Waals surface area contributed by atoms with Crippen LogP contribution >= 0.6 is 0 Å². The number of sulfonamides is 1. The van der Waals surface area contributed by atoms with Crippen molar-refractivity contribution in [2.75, 3.05) is 18.5 Å². The highest BCUT2D eigenvalue weighted by Gasteiger charge is 2.21. The monoisotopic (exact) mass is 335 g/mol. The summed E-state index contributed by atoms with van der Waals surface area (Å²) in [5.41, 5.74) is 4.49. The summed E-state index contributed by atoms with van der Waals surface area (Å²) >= 11 is 0. The van der Waals surface area contributed by atoms with Crippen LogP contribution in [0.2, 0.25) is 0 Å². The molecule has 0 aliphatic rings. The van der Waals surface area contributed by atoms with Gasteiger partial charge in [0, 0.05) is 25.5 Å². The number of aromatic nitrogens is 2. The van der Waals surface area contributed by atoms with E-state index in [1.54, 1.807) is 6.07 Å². The standard InChI is InChI=1S/C15H21N5O2S/c1-4-20(5-2)23(21,22)13-8-9-15(17-11-13)19-18-12(3)14-7-6-10-16-14/h6-11,16H,4-5H2,1-3H3,(H,17,19). The molecule has 2 heterocycles. The van der Waals surface area contributed by atoms with Crippen molar-refractivity contribution in [3.05, 3.63) is 42.4 Å². The predicted octanol–water partition coefficient (Wildman–Crippen LogP) is 2.28. The molecule has 0 bridgehead atoms. The Kier molecular flexibility index (Phi) is 5.51. The van der Waals surface area contributed by atoms with Crippen LogP contribution in [0.4, 0.5) is 5.82 Å². The molecule has 2 N–H and O–H groups in total. The van der Waals surface area contributed by atoms with E-state index in [2.05, 4.69) is 20.5 Å². The molecule has 124 valence electrons. The number of H-pyrrole nitrogens is 1. The van der Waals surface area contributed by atoms with E-state index in [0.29, 0.717) is 18.9 Å². The van der Waals surface area contributed by atoms with Gasteiger partial charge in [0.2, 0.25) is 10.0 Å². The summed E-state index contributed by atoms with van der Waals surface area (Å²) in [5.74, 6) is 0.481. The molecule has 2 aromatic rings. The SMILES string of the molecule is CCN(CC)S(=O)(=O)c1ccc(NN=C(C)c2ccc[nH]2)nc1. The summed E-state index contributed by atoms with van der Waals surface area (Å²) in [5, 5.41) is 4.21. The van der Waals surface area contributed by atoms with Crippen molar-refractivity contribution in [2.45, 2.75) is 25.7 Å². The first-order chi connectivity index (χ1) is 11.0. The minimum Gasteiger partial charge on any atom is -0.360 e. The Bertz CT molecular complexity index is 748. The van der Waals surface area contributed by atoms with Crippen LogP contribution in [0.1, 0.15) is 26.5 Å². The van der Waals surface area contributed by atoms with Crippen molar-refractivity contribution in [1.29, 1.82) is 0 Å². The number of anilines is 1. The van der Waals surface area contributed by atoms with Gasteiger partial charge >= 0.3 is 0 Å². The zero-order chi connectivity index (χ0) is 16.9. The lowest BCUT2D eigenvalue weighted by molar-refractivity contribution is 0.445. The number of hydrazone groups is 1. The van der Waals surface area contributed by atoms with Crippen molar-refractivity contribution >= 4 is 21.6 Å². The van der Waals surface area contributed by atoms with Gasteiger partial charge in [0.05, 0.1) is 11.4 Å². The Morgan fingerprint density at radius 1 is 1.30 bits per heavy atom. The van der Waals surface area contributed by atoms with Crippen LogP contribution < -0.4 is 5.43 Å². The number of aromatic amines is 1. The van der Waals surface area contributed by atoms with Gasteiger partial charge in [0.25, 0.3) is 0 Å². The van der Waals surface area contributed by atoms with E-state index in [9.17, 15) is 8.42 Å². The van der Waals surface area contributed by atoms with Gasteiger partial charge < -0.3 is 4.98 Å². The van der Waals surface area contributed by atoms with E-state index in [1.165, 1.54) is 16.6 Å². The van der Waals surface area contributed by atoms with Gasteiger partial charge in [-0.25, -0.2) is 13.4 Å². The van der Waals surface area contributed by atoms with E-state index in [0.717, 1.165) is 11.4 Å². The summed E-state index contributed by atoms with van der Waals surface area (Å²) < 4.78 is 26.1. The molecule has 0 saturated carbocycles. The number of rotatable bonds is 7. The summed E-state index contributed by atoms with van der Waals surface area (Å²) in [7, 11) is -3.48. The molecule has 0 unspecified atom stereocenters. The highest BCUT2D eigenvalue weighted by molar-refractivity contribution is 7.89. The maximum atomic E-state index is 12.4. The fourth-order valence-electron chi connectivity index (χ4n) is 2.07. The summed E-state index contributed by atoms with van der Waals surface area (Å²) in [6, 6.07) is 6.93. The normalized spacial score (nSPS) is 12.6. The maximum absolute atomic E-state index is 12.4. The van der Waals surface area contributed by atoms with Gasteiger partial charge in [-0.1, -0.05) is 13.8 Å². The van der Waals surface area contributed by atoms with Crippen molar-refractivity contribution < 1.29 is 8.42 Å². The van der Waals surface area contributed by atoms with Gasteiger partial charge in [-0.05, 0) is 31.2 Å². The van der Waals surface area contributed by atoms with Crippen LogP contribution in [-0.2, 0) is 10.0 Å². The van der Waals surface area contributed by atoms with Crippen LogP contribution in [-0.4, -0.2) is 41.5 Å². The van der Waals surface area contributed by atoms with Crippen LogP contribution in [0.3, 0.4) is 0 Å². The predicted molar refractivity (Wildman–Crippen MR) is 91.0 cm³/mol. The lowest BCUT2D eigenvalue weighted by atomic mass is 10.3. The Morgan fingerprint density at radius 3 is 2.57 bits per heavy atom. The zero-order valence-corrected chi connectivity index (χ0v) is 14.3. The van der Waals surface area contributed by atoms with E-state index in [-0.39, 0.29) is 4.90 Å². The first-order valence-corrected chi connectivity index (χ1v) is 8.83. The van der Waals surface area contributed by atoms with Gasteiger partial charge in [-0.3, -0.25) is 5.43 Å². The first kappa shape index (κ1) is 17.2. The van der Waals surface area contributed by atoms with Crippen LogP contribution in [0, 0.1) is 0 Å². The Morgan fingerprint density at radius 2 is 2.04 bits per heavy atom. The third-order valence-corrected chi connectivity index (χ3v) is 5.44. The minimum absolute atomic E-state index is 0.178. The molecule has 23 heavy (non-hydrogen) atoms. The number of nitrogens with one attached hydrogen (secondary N) is 2. The van der Waals surface area contributed by atoms with Crippen molar-refractivity contribution in [1.82, 2.24) is 14.3 Å². The van der Waals surface area contributed by atoms with Gasteiger partial charge in [0.1, 0.15) is 10.7 Å². The summed E-state index contributed by atoms with van der Waals surface area (Å²) in [4.78, 5) is 7.34. The molecule has 0 radical (unpaired) electrons. The van der Waals surface area contributed by atoms with Crippen LogP contribution in [0.25, 0.3) is 0 Å². The third kappa shape index (κ3) is 3.96. The number of hydrogen-bond acceptors (Lipinski definition) is 5. The molecule has 0 aliphatic heterocycles. The van der Waals surface area contributed by atoms with Crippen LogP contribution in [0.5, 0.6) is 0 Å². The Balaban J connectivity index is 2.12. The quantitative estimate of drug-likeness (QED) is 0.600. The van der Waals surface area contributed by atoms with Gasteiger partial charge in [-0.15, -0.1) is 0 Å². The molecule has 2 aromatic heterocycles. The van der Waals surface area contributed by atoms with Crippen molar-refractivity contribution in [3.8, 4) is 0 Å². The second-order valence-electron chi connectivity index (χ2n) is 4.86. The lowest BCUT2D eigenvalue weighted by Gasteiger charge is -2.18. The molecule has 2 rings (SSSR count). The van der Waals surface area contributed by atoms with Crippen molar-refractivity contribution in [3.63, 3.8) is 0 Å². The fraction of sp³-hybridized carbons (Fsp3) is 0.333. The Hall–Kier alpha value is -2.19. The Labute approximate surface area is 136 Å². The van der Waals surface area contributed by atoms with Gasteiger partial charge in [-0.2, -0.15) is 9.41 Å². The average molecular weight is 335 g/mol. The molecule has 0 aliphatic carbocycles. The molecule has 7 nitrogen and oxygen atoms in total. The zero-order valence-electron chi connectivity index (χ0n) is 13.4. The summed E-state index contributed by atoms with van der Waals surface area (Å²) in [6.07, 6.45) is 3.16. The molecule has 0 amide bonds. The molecule has 0 saturated heterocycles. The van der Waals surface area contributed by atoms with Crippen molar-refractivity contribution in [2.24, 2.45) is 5.10 Å². The second kappa shape index (κ2) is 7.38. The molecule has 0 aromatic carbocycles. The molecule has 0 atom stereocenters. The minimum atomic E-state index is -3.48. The fourth-order valence-corrected chi connectivity index (χ4v) is 3.47. The highest BCUT2D eigenvalue weighted by atomic mass is 32.2. The van der Waals surface area contributed by atoms with E-state index < -0.39 is 10.0 Å². The first-order valence-electron chi connectivity index (χ1n) is 7.39. The number of nitrogens with zero attached hydrogens (tertiary/aromatic N) is 3. The lowest BCUT2D eigenvalue weighted by Crippen LogP contribution is -2.30. The van der Waals surface area contributed by atoms with E-state index in [1.807, 2.05) is 39.1 Å². The maximum Gasteiger partial charge on any atom is 0.244 e. The molecular weight excluding hydrogens is 314 g/mol. The molecule has 0 spiro atoms. The van der Waals surface area contributed by atoms with Crippen LogP contribution in [0.15, 0.2) is 46.7 Å². The highest BCUT2D eigenvalue weighted by Crippen LogP contribution is 2.16. The number of pyridine rings is 1. The van der Waals surface area contributed by atoms with Gasteiger partial charge in [0.15, 0.2) is 0 Å². The van der Waals surface area contributed by atoms with E-state index >= 15 is 0 Å². The van der Waals surface area contributed by atoms with E-state index in [4.69, 9.17) is 0 Å². The molecule has 8 heteroatoms. The smallest absolute Gasteiger partial charge is 0.244 e. The third-order valence-electron chi connectivity index (χ3n) is 3.41. The largest absolute Gasteiger partial charge is 0.360 e. The molecule has 0 fully saturated rings. The molecular formula is C15H21N5O2S.